The minimum atomic E-state index is -4.76. The summed E-state index contributed by atoms with van der Waals surface area (Å²) in [5, 5.41) is 2.81. The number of rotatable bonds is 6. The lowest BCUT2D eigenvalue weighted by atomic mass is 10.1. The molecule has 0 bridgehead atoms. The van der Waals surface area contributed by atoms with Gasteiger partial charge in [0.15, 0.2) is 5.76 Å². The van der Waals surface area contributed by atoms with E-state index < -0.39 is 12.3 Å². The summed E-state index contributed by atoms with van der Waals surface area (Å²) in [6, 6.07) is 13.7. The molecule has 1 aliphatic heterocycles. The van der Waals surface area contributed by atoms with Gasteiger partial charge in [-0.05, 0) is 60.9 Å². The molecular weight excluding hydrogens is 451 g/mol. The maximum atomic E-state index is 13.3. The van der Waals surface area contributed by atoms with Crippen LogP contribution in [-0.4, -0.2) is 36.3 Å². The Kier molecular flexibility index (Phi) is 6.49. The minimum absolute atomic E-state index is 0.150. The van der Waals surface area contributed by atoms with Crippen molar-refractivity contribution in [3.05, 3.63) is 77.7 Å². The first-order valence-corrected chi connectivity index (χ1v) is 10.6. The number of amides is 3. The molecule has 3 aromatic rings. The van der Waals surface area contributed by atoms with E-state index in [2.05, 4.69) is 10.1 Å². The van der Waals surface area contributed by atoms with Gasteiger partial charge in [-0.25, -0.2) is 4.79 Å². The van der Waals surface area contributed by atoms with Gasteiger partial charge in [0.2, 0.25) is 0 Å². The van der Waals surface area contributed by atoms with E-state index in [0.717, 1.165) is 5.56 Å². The van der Waals surface area contributed by atoms with Crippen LogP contribution in [0.25, 0.3) is 0 Å². The predicted molar refractivity (Wildman–Crippen MR) is 119 cm³/mol. The number of halogens is 3. The number of alkyl halides is 3. The summed E-state index contributed by atoms with van der Waals surface area (Å²) in [6.45, 7) is 3.06. The number of aryl methyl sites for hydroxylation is 1. The van der Waals surface area contributed by atoms with Crippen LogP contribution < -0.4 is 15.0 Å². The number of urea groups is 1. The lowest BCUT2D eigenvalue weighted by Crippen LogP contribution is -2.49. The molecule has 10 heteroatoms. The third-order valence-electron chi connectivity index (χ3n) is 5.28. The first kappa shape index (κ1) is 23.2. The number of hydrogen-bond acceptors (Lipinski definition) is 4. The number of hydrogen-bond donors (Lipinski definition) is 1. The Bertz CT molecular complexity index is 1160. The standard InChI is InChI=1S/C24H22F3N3O4/c1-16-5-10-20(19(14-16)28-22(31)21-4-2-13-33-21)30-12-3-11-29(23(30)32)15-17-6-8-18(9-7-17)34-24(25,26)27/h2,4-10,13-14H,3,11-12,15H2,1H3,(H,28,31). The Labute approximate surface area is 193 Å². The fourth-order valence-electron chi connectivity index (χ4n) is 3.75. The van der Waals surface area contributed by atoms with Gasteiger partial charge in [-0.15, -0.1) is 13.2 Å². The highest BCUT2D eigenvalue weighted by Gasteiger charge is 2.31. The molecule has 0 unspecified atom stereocenters. The lowest BCUT2D eigenvalue weighted by molar-refractivity contribution is -0.274. The summed E-state index contributed by atoms with van der Waals surface area (Å²) in [5.41, 5.74) is 2.60. The van der Waals surface area contributed by atoms with Gasteiger partial charge in [-0.1, -0.05) is 18.2 Å². The van der Waals surface area contributed by atoms with E-state index in [0.29, 0.717) is 36.4 Å². The van der Waals surface area contributed by atoms with Gasteiger partial charge in [-0.3, -0.25) is 9.69 Å². The molecule has 0 aliphatic carbocycles. The summed E-state index contributed by atoms with van der Waals surface area (Å²) >= 11 is 0. The van der Waals surface area contributed by atoms with Crippen molar-refractivity contribution in [1.29, 1.82) is 0 Å². The smallest absolute Gasteiger partial charge is 0.459 e. The second-order valence-electron chi connectivity index (χ2n) is 7.85. The highest BCUT2D eigenvalue weighted by atomic mass is 19.4. The van der Waals surface area contributed by atoms with Crippen molar-refractivity contribution in [3.63, 3.8) is 0 Å². The lowest BCUT2D eigenvalue weighted by Gasteiger charge is -2.36. The van der Waals surface area contributed by atoms with Gasteiger partial charge in [0, 0.05) is 19.6 Å². The van der Waals surface area contributed by atoms with Crippen molar-refractivity contribution in [2.75, 3.05) is 23.3 Å². The molecule has 1 N–H and O–H groups in total. The van der Waals surface area contributed by atoms with Gasteiger partial charge in [0.05, 0.1) is 17.6 Å². The van der Waals surface area contributed by atoms with Crippen LogP contribution in [0.5, 0.6) is 5.75 Å². The molecule has 0 saturated carbocycles. The molecule has 0 spiro atoms. The highest BCUT2D eigenvalue weighted by molar-refractivity contribution is 6.06. The molecule has 0 atom stereocenters. The molecule has 178 valence electrons. The zero-order valence-corrected chi connectivity index (χ0v) is 18.3. The normalized spacial score (nSPS) is 14.3. The third-order valence-corrected chi connectivity index (χ3v) is 5.28. The molecule has 1 aliphatic rings. The quantitative estimate of drug-likeness (QED) is 0.508. The number of nitrogens with zero attached hydrogens (tertiary/aromatic N) is 2. The maximum Gasteiger partial charge on any atom is 0.573 e. The zero-order valence-electron chi connectivity index (χ0n) is 18.3. The van der Waals surface area contributed by atoms with Crippen molar-refractivity contribution in [2.45, 2.75) is 26.3 Å². The number of furan rings is 1. The van der Waals surface area contributed by atoms with Gasteiger partial charge in [-0.2, -0.15) is 0 Å². The second kappa shape index (κ2) is 9.50. The monoisotopic (exact) mass is 473 g/mol. The average Bonchev–Trinajstić information content (AvgIpc) is 3.31. The van der Waals surface area contributed by atoms with E-state index in [1.165, 1.54) is 30.5 Å². The van der Waals surface area contributed by atoms with Gasteiger partial charge in [0.1, 0.15) is 5.75 Å². The van der Waals surface area contributed by atoms with Crippen molar-refractivity contribution < 1.29 is 31.9 Å². The molecule has 1 aromatic heterocycles. The Balaban J connectivity index is 1.50. The van der Waals surface area contributed by atoms with Crippen molar-refractivity contribution >= 4 is 23.3 Å². The van der Waals surface area contributed by atoms with E-state index in [9.17, 15) is 22.8 Å². The maximum absolute atomic E-state index is 13.3. The Morgan fingerprint density at radius 2 is 1.88 bits per heavy atom. The topological polar surface area (TPSA) is 75.0 Å². The molecule has 7 nitrogen and oxygen atoms in total. The van der Waals surface area contributed by atoms with Crippen LogP contribution in [0.3, 0.4) is 0 Å². The average molecular weight is 473 g/mol. The molecule has 4 rings (SSSR count). The number of ether oxygens (including phenoxy) is 1. The summed E-state index contributed by atoms with van der Waals surface area (Å²) in [7, 11) is 0. The van der Waals surface area contributed by atoms with Gasteiger partial charge < -0.3 is 19.4 Å². The fraction of sp³-hybridized carbons (Fsp3) is 0.250. The van der Waals surface area contributed by atoms with E-state index in [4.69, 9.17) is 4.42 Å². The third kappa shape index (κ3) is 5.51. The number of carbonyl (C=O) groups is 2. The molecule has 34 heavy (non-hydrogen) atoms. The molecule has 3 amide bonds. The minimum Gasteiger partial charge on any atom is -0.459 e. The zero-order chi connectivity index (χ0) is 24.3. The first-order chi connectivity index (χ1) is 16.2. The van der Waals surface area contributed by atoms with Crippen LogP contribution in [0.1, 0.15) is 28.1 Å². The first-order valence-electron chi connectivity index (χ1n) is 10.6. The summed E-state index contributed by atoms with van der Waals surface area (Å²) < 4.78 is 46.2. The van der Waals surface area contributed by atoms with Crippen LogP contribution in [-0.2, 0) is 6.54 Å². The number of anilines is 2. The summed E-state index contributed by atoms with van der Waals surface area (Å²) in [5.74, 6) is -0.601. The fourth-order valence-corrected chi connectivity index (χ4v) is 3.75. The van der Waals surface area contributed by atoms with Crippen LogP contribution >= 0.6 is 0 Å². The van der Waals surface area contributed by atoms with Crippen LogP contribution in [0, 0.1) is 6.92 Å². The highest BCUT2D eigenvalue weighted by Crippen LogP contribution is 2.31. The van der Waals surface area contributed by atoms with Crippen LogP contribution in [0.2, 0.25) is 0 Å². The van der Waals surface area contributed by atoms with E-state index in [-0.39, 0.29) is 24.1 Å². The van der Waals surface area contributed by atoms with Gasteiger partial charge >= 0.3 is 12.4 Å². The SMILES string of the molecule is Cc1ccc(N2CCCN(Cc3ccc(OC(F)(F)F)cc3)C2=O)c(NC(=O)c2ccco2)c1. The number of benzene rings is 2. The Morgan fingerprint density at radius 3 is 2.56 bits per heavy atom. The molecule has 1 fully saturated rings. The van der Waals surface area contributed by atoms with Crippen LogP contribution in [0.4, 0.5) is 29.3 Å². The van der Waals surface area contributed by atoms with E-state index >= 15 is 0 Å². The van der Waals surface area contributed by atoms with Crippen molar-refractivity contribution in [2.24, 2.45) is 0 Å². The van der Waals surface area contributed by atoms with E-state index in [1.54, 1.807) is 34.1 Å². The van der Waals surface area contributed by atoms with Crippen molar-refractivity contribution in [3.8, 4) is 5.75 Å². The second-order valence-corrected chi connectivity index (χ2v) is 7.85. The molecule has 2 heterocycles. The number of carbonyl (C=O) groups excluding carboxylic acids is 2. The van der Waals surface area contributed by atoms with Crippen molar-refractivity contribution in [1.82, 2.24) is 4.90 Å². The Hall–Kier alpha value is -3.95. The summed E-state index contributed by atoms with van der Waals surface area (Å²) in [6.07, 6.45) is -2.68. The van der Waals surface area contributed by atoms with Gasteiger partial charge in [0.25, 0.3) is 5.91 Å². The van der Waals surface area contributed by atoms with Crippen LogP contribution in [0.15, 0.2) is 65.3 Å². The molecule has 2 aromatic carbocycles. The molecular formula is C24H22F3N3O4. The predicted octanol–water partition coefficient (Wildman–Crippen LogP) is 5.57. The molecule has 1 saturated heterocycles. The Morgan fingerprint density at radius 1 is 1.12 bits per heavy atom. The number of nitrogens with one attached hydrogen (secondary N) is 1. The molecule has 0 radical (unpaired) electrons. The summed E-state index contributed by atoms with van der Waals surface area (Å²) in [4.78, 5) is 29.0. The largest absolute Gasteiger partial charge is 0.573 e. The van der Waals surface area contributed by atoms with E-state index in [1.807, 2.05) is 13.0 Å².